The third-order valence-electron chi connectivity index (χ3n) is 1.65. The van der Waals surface area contributed by atoms with Crippen LogP contribution in [-0.2, 0) is 0 Å². The van der Waals surface area contributed by atoms with E-state index in [4.69, 9.17) is 15.9 Å². The Morgan fingerprint density at radius 3 is 1.47 bits per heavy atom. The Morgan fingerprint density at radius 1 is 0.667 bits per heavy atom. The molecule has 0 fully saturated rings. The van der Waals surface area contributed by atoms with Crippen LogP contribution in [0.25, 0.3) is 0 Å². The number of phenols is 2. The molecule has 0 bridgehead atoms. The average Bonchev–Trinajstić information content (AvgIpc) is 2.25. The molecule has 15 heavy (non-hydrogen) atoms. The molecular formula is C12H13NO2. The van der Waals surface area contributed by atoms with Gasteiger partial charge in [0.05, 0.1) is 0 Å². The van der Waals surface area contributed by atoms with E-state index in [0.29, 0.717) is 11.4 Å². The minimum atomic E-state index is 0.249. The lowest BCUT2D eigenvalue weighted by Crippen LogP contribution is -1.80. The van der Waals surface area contributed by atoms with Crippen molar-refractivity contribution in [2.45, 2.75) is 0 Å². The van der Waals surface area contributed by atoms with Gasteiger partial charge in [0.2, 0.25) is 0 Å². The van der Waals surface area contributed by atoms with E-state index < -0.39 is 0 Å². The average molecular weight is 203 g/mol. The van der Waals surface area contributed by atoms with Gasteiger partial charge in [-0.05, 0) is 36.4 Å². The fraction of sp³-hybridized carbons (Fsp3) is 0. The van der Waals surface area contributed by atoms with Crippen molar-refractivity contribution in [3.8, 4) is 11.5 Å². The van der Waals surface area contributed by atoms with Crippen LogP contribution < -0.4 is 5.73 Å². The minimum Gasteiger partial charge on any atom is -0.508 e. The van der Waals surface area contributed by atoms with Gasteiger partial charge in [-0.3, -0.25) is 0 Å². The van der Waals surface area contributed by atoms with E-state index in [2.05, 4.69) is 0 Å². The molecule has 0 radical (unpaired) electrons. The molecule has 78 valence electrons. The van der Waals surface area contributed by atoms with Crippen molar-refractivity contribution < 1.29 is 10.2 Å². The van der Waals surface area contributed by atoms with Crippen LogP contribution in [0.15, 0.2) is 54.6 Å². The van der Waals surface area contributed by atoms with E-state index in [9.17, 15) is 0 Å². The molecule has 0 aliphatic heterocycles. The molecule has 3 heteroatoms. The normalized spacial score (nSPS) is 8.80. The molecule has 0 aromatic heterocycles. The standard InChI is InChI=1S/C6H7NO.C6H6O/c7-5-1-3-6(8)4-2-5;7-6-4-2-1-3-5-6/h1-4,8H,7H2;1-5,7H. The van der Waals surface area contributed by atoms with E-state index >= 15 is 0 Å². The topological polar surface area (TPSA) is 66.5 Å². The Bertz CT molecular complexity index is 363. The van der Waals surface area contributed by atoms with Gasteiger partial charge in [0.1, 0.15) is 11.5 Å². The van der Waals surface area contributed by atoms with E-state index in [1.807, 2.05) is 6.07 Å². The van der Waals surface area contributed by atoms with Crippen LogP contribution in [0.4, 0.5) is 5.69 Å². The van der Waals surface area contributed by atoms with Crippen molar-refractivity contribution in [2.75, 3.05) is 5.73 Å². The maximum absolute atomic E-state index is 8.70. The van der Waals surface area contributed by atoms with E-state index in [-0.39, 0.29) is 5.75 Å². The molecule has 0 atom stereocenters. The lowest BCUT2D eigenvalue weighted by atomic mass is 10.3. The zero-order valence-electron chi connectivity index (χ0n) is 8.17. The summed E-state index contributed by atoms with van der Waals surface area (Å²) in [5, 5.41) is 17.3. The zero-order valence-corrected chi connectivity index (χ0v) is 8.17. The van der Waals surface area contributed by atoms with Crippen molar-refractivity contribution in [2.24, 2.45) is 0 Å². The van der Waals surface area contributed by atoms with Gasteiger partial charge in [-0.25, -0.2) is 0 Å². The predicted molar refractivity (Wildman–Crippen MR) is 60.6 cm³/mol. The SMILES string of the molecule is Nc1ccc(O)cc1.Oc1ccccc1. The summed E-state index contributed by atoms with van der Waals surface area (Å²) in [5.74, 6) is 0.571. The third kappa shape index (κ3) is 4.57. The van der Waals surface area contributed by atoms with Crippen molar-refractivity contribution in [1.29, 1.82) is 0 Å². The largest absolute Gasteiger partial charge is 0.508 e. The quantitative estimate of drug-likeness (QED) is 0.455. The Balaban J connectivity index is 0.000000151. The highest BCUT2D eigenvalue weighted by molar-refractivity contribution is 5.40. The smallest absolute Gasteiger partial charge is 0.115 e. The first-order valence-electron chi connectivity index (χ1n) is 4.47. The number of nitrogens with two attached hydrogens (primary N) is 1. The number of hydrogen-bond donors (Lipinski definition) is 3. The van der Waals surface area contributed by atoms with Crippen LogP contribution in [0, 0.1) is 0 Å². The Kier molecular flexibility index (Phi) is 4.04. The first-order chi connectivity index (χ1) is 7.18. The highest BCUT2D eigenvalue weighted by atomic mass is 16.3. The van der Waals surface area contributed by atoms with Crippen LogP contribution >= 0.6 is 0 Å². The molecule has 0 heterocycles. The monoisotopic (exact) mass is 203 g/mol. The number of rotatable bonds is 0. The molecule has 0 saturated carbocycles. The Hall–Kier alpha value is -2.16. The van der Waals surface area contributed by atoms with Gasteiger partial charge in [0.15, 0.2) is 0 Å². The number of phenolic OH excluding ortho intramolecular Hbond substituents is 2. The van der Waals surface area contributed by atoms with E-state index in [1.165, 1.54) is 0 Å². The van der Waals surface area contributed by atoms with Gasteiger partial charge in [-0.15, -0.1) is 0 Å². The maximum Gasteiger partial charge on any atom is 0.115 e. The van der Waals surface area contributed by atoms with Crippen molar-refractivity contribution >= 4 is 5.69 Å². The molecule has 0 unspecified atom stereocenters. The van der Waals surface area contributed by atoms with Gasteiger partial charge < -0.3 is 15.9 Å². The summed E-state index contributed by atoms with van der Waals surface area (Å²) in [6, 6.07) is 15.1. The van der Waals surface area contributed by atoms with E-state index in [0.717, 1.165) is 0 Å². The van der Waals surface area contributed by atoms with Crippen LogP contribution in [0.5, 0.6) is 11.5 Å². The van der Waals surface area contributed by atoms with Gasteiger partial charge in [0, 0.05) is 5.69 Å². The van der Waals surface area contributed by atoms with Crippen LogP contribution in [-0.4, -0.2) is 10.2 Å². The summed E-state index contributed by atoms with van der Waals surface area (Å²) < 4.78 is 0. The van der Waals surface area contributed by atoms with Gasteiger partial charge >= 0.3 is 0 Å². The second-order valence-electron chi connectivity index (χ2n) is 2.93. The first kappa shape index (κ1) is 10.9. The van der Waals surface area contributed by atoms with Crippen molar-refractivity contribution in [3.05, 3.63) is 54.6 Å². The summed E-state index contributed by atoms with van der Waals surface area (Å²) in [7, 11) is 0. The fourth-order valence-electron chi connectivity index (χ4n) is 0.902. The summed E-state index contributed by atoms with van der Waals surface area (Å²) in [4.78, 5) is 0. The summed E-state index contributed by atoms with van der Waals surface area (Å²) in [6.45, 7) is 0. The molecule has 0 spiro atoms. The van der Waals surface area contributed by atoms with Gasteiger partial charge in [-0.2, -0.15) is 0 Å². The summed E-state index contributed by atoms with van der Waals surface area (Å²) >= 11 is 0. The molecule has 2 aromatic carbocycles. The highest BCUT2D eigenvalue weighted by Crippen LogP contribution is 2.09. The number of para-hydroxylation sites is 1. The van der Waals surface area contributed by atoms with Crippen molar-refractivity contribution in [1.82, 2.24) is 0 Å². The number of hydrogen-bond acceptors (Lipinski definition) is 3. The van der Waals surface area contributed by atoms with Crippen LogP contribution in [0.2, 0.25) is 0 Å². The van der Waals surface area contributed by atoms with Gasteiger partial charge in [-0.1, -0.05) is 18.2 Å². The number of anilines is 1. The van der Waals surface area contributed by atoms with E-state index in [1.54, 1.807) is 48.5 Å². The first-order valence-corrected chi connectivity index (χ1v) is 4.47. The van der Waals surface area contributed by atoms with Gasteiger partial charge in [0.25, 0.3) is 0 Å². The van der Waals surface area contributed by atoms with Crippen LogP contribution in [0.3, 0.4) is 0 Å². The maximum atomic E-state index is 8.70. The number of benzene rings is 2. The Morgan fingerprint density at radius 2 is 1.13 bits per heavy atom. The van der Waals surface area contributed by atoms with Crippen LogP contribution in [0.1, 0.15) is 0 Å². The lowest BCUT2D eigenvalue weighted by Gasteiger charge is -1.89. The Labute approximate surface area is 88.4 Å². The molecule has 3 nitrogen and oxygen atoms in total. The highest BCUT2D eigenvalue weighted by Gasteiger charge is 1.82. The predicted octanol–water partition coefficient (Wildman–Crippen LogP) is 2.37. The molecule has 0 aliphatic rings. The molecule has 0 aliphatic carbocycles. The minimum absolute atomic E-state index is 0.249. The molecule has 2 rings (SSSR count). The fourth-order valence-corrected chi connectivity index (χ4v) is 0.902. The molecule has 4 N–H and O–H groups in total. The second-order valence-corrected chi connectivity index (χ2v) is 2.93. The third-order valence-corrected chi connectivity index (χ3v) is 1.65. The molecular weight excluding hydrogens is 190 g/mol. The molecule has 0 saturated heterocycles. The molecule has 2 aromatic rings. The molecule has 0 amide bonds. The second kappa shape index (κ2) is 5.54. The zero-order chi connectivity index (χ0) is 11.1. The summed E-state index contributed by atoms with van der Waals surface area (Å²) in [5.41, 5.74) is 5.98. The summed E-state index contributed by atoms with van der Waals surface area (Å²) in [6.07, 6.45) is 0. The number of aromatic hydroxyl groups is 2. The van der Waals surface area contributed by atoms with Crippen molar-refractivity contribution in [3.63, 3.8) is 0 Å². The lowest BCUT2D eigenvalue weighted by molar-refractivity contribution is 0.475. The number of nitrogen functional groups attached to an aromatic ring is 1.